The molecule has 1 aromatic rings. The average Bonchev–Trinajstić information content (AvgIpc) is 2.43. The molecule has 0 aliphatic carbocycles. The molecule has 120 valence electrons. The number of alkyl halides is 3. The molecule has 0 aromatic heterocycles. The molecule has 0 fully saturated rings. The second-order valence-corrected chi connectivity index (χ2v) is 4.83. The molecule has 0 radical (unpaired) electrons. The highest BCUT2D eigenvalue weighted by molar-refractivity contribution is 5.29. The number of hydrogen-bond acceptors (Lipinski definition) is 3. The maximum atomic E-state index is 12.6. The lowest BCUT2D eigenvalue weighted by Gasteiger charge is -2.29. The second-order valence-electron chi connectivity index (χ2n) is 4.83. The number of ether oxygens (including phenoxy) is 2. The van der Waals surface area contributed by atoms with Crippen LogP contribution in [0, 0.1) is 0 Å². The van der Waals surface area contributed by atoms with Crippen LogP contribution in [0.4, 0.5) is 13.2 Å². The van der Waals surface area contributed by atoms with Gasteiger partial charge in [0, 0.05) is 0 Å². The highest BCUT2D eigenvalue weighted by Gasteiger charge is 2.39. The second kappa shape index (κ2) is 7.66. The lowest BCUT2D eigenvalue weighted by atomic mass is 10.0. The van der Waals surface area contributed by atoms with Crippen molar-refractivity contribution in [1.82, 2.24) is 5.32 Å². The predicted molar refractivity (Wildman–Crippen MR) is 75.5 cm³/mol. The van der Waals surface area contributed by atoms with Gasteiger partial charge < -0.3 is 14.8 Å². The van der Waals surface area contributed by atoms with Crippen molar-refractivity contribution in [3.8, 4) is 5.75 Å². The predicted octanol–water partition coefficient (Wildman–Crippen LogP) is 3.70. The summed E-state index contributed by atoms with van der Waals surface area (Å²) in [6.07, 6.45) is -6.77. The topological polar surface area (TPSA) is 30.5 Å². The Bertz CT molecular complexity index is 420. The van der Waals surface area contributed by atoms with Crippen molar-refractivity contribution in [2.45, 2.75) is 45.2 Å². The van der Waals surface area contributed by atoms with E-state index in [-0.39, 0.29) is 6.04 Å². The van der Waals surface area contributed by atoms with Crippen LogP contribution in [0.5, 0.6) is 5.75 Å². The molecule has 1 N–H and O–H groups in total. The van der Waals surface area contributed by atoms with Crippen molar-refractivity contribution in [1.29, 1.82) is 0 Å². The molecule has 0 amide bonds. The fourth-order valence-corrected chi connectivity index (χ4v) is 2.06. The molecule has 0 saturated carbocycles. The normalized spacial score (nSPS) is 16.3. The van der Waals surface area contributed by atoms with Gasteiger partial charge in [-0.3, -0.25) is 0 Å². The molecule has 0 heterocycles. The van der Waals surface area contributed by atoms with Crippen LogP contribution in [-0.4, -0.2) is 32.0 Å². The van der Waals surface area contributed by atoms with Crippen molar-refractivity contribution in [2.24, 2.45) is 0 Å². The van der Waals surface area contributed by atoms with Crippen LogP contribution in [-0.2, 0) is 4.74 Å². The van der Waals surface area contributed by atoms with Gasteiger partial charge in [0.05, 0.1) is 19.3 Å². The molecule has 21 heavy (non-hydrogen) atoms. The number of hydrogen-bond donors (Lipinski definition) is 1. The molecule has 6 heteroatoms. The maximum absolute atomic E-state index is 12.6. The van der Waals surface area contributed by atoms with Crippen molar-refractivity contribution in [2.75, 3.05) is 13.7 Å². The minimum absolute atomic E-state index is 0.314. The van der Waals surface area contributed by atoms with Gasteiger partial charge >= 0.3 is 6.18 Å². The largest absolute Gasteiger partial charge is 0.497 e. The van der Waals surface area contributed by atoms with Gasteiger partial charge in [0.25, 0.3) is 0 Å². The first kappa shape index (κ1) is 17.8. The van der Waals surface area contributed by atoms with Crippen LogP contribution in [0.15, 0.2) is 24.3 Å². The van der Waals surface area contributed by atoms with Crippen LogP contribution in [0.1, 0.15) is 32.4 Å². The number of rotatable bonds is 7. The molecule has 0 saturated heterocycles. The van der Waals surface area contributed by atoms with Crippen molar-refractivity contribution in [3.63, 3.8) is 0 Å². The Labute approximate surface area is 123 Å². The molecule has 1 aromatic carbocycles. The Balaban J connectivity index is 2.84. The van der Waals surface area contributed by atoms with E-state index in [1.54, 1.807) is 26.2 Å². The van der Waals surface area contributed by atoms with E-state index >= 15 is 0 Å². The van der Waals surface area contributed by atoms with Gasteiger partial charge in [0.15, 0.2) is 6.10 Å². The van der Waals surface area contributed by atoms with Gasteiger partial charge in [0.2, 0.25) is 0 Å². The van der Waals surface area contributed by atoms with Crippen LogP contribution in [0.25, 0.3) is 0 Å². The summed E-state index contributed by atoms with van der Waals surface area (Å²) in [5, 5.41) is 3.16. The Kier molecular flexibility index (Phi) is 6.48. The molecule has 0 aliphatic heterocycles. The summed E-state index contributed by atoms with van der Waals surface area (Å²) < 4.78 is 48.0. The Morgan fingerprint density at radius 1 is 1.14 bits per heavy atom. The number of benzene rings is 1. The Hall–Kier alpha value is -1.27. The standard InChI is InChI=1S/C15H22F3NO2/c1-5-19-14(10(2)21-11(3)15(16,17)18)12-6-8-13(20-4)9-7-12/h6-11,14,19H,5H2,1-4H3. The smallest absolute Gasteiger partial charge is 0.414 e. The highest BCUT2D eigenvalue weighted by atomic mass is 19.4. The van der Waals surface area contributed by atoms with Crippen molar-refractivity contribution < 1.29 is 22.6 Å². The van der Waals surface area contributed by atoms with E-state index in [0.29, 0.717) is 12.3 Å². The van der Waals surface area contributed by atoms with Crippen LogP contribution in [0.2, 0.25) is 0 Å². The van der Waals surface area contributed by atoms with E-state index in [1.807, 2.05) is 19.1 Å². The first-order valence-electron chi connectivity index (χ1n) is 6.89. The zero-order valence-electron chi connectivity index (χ0n) is 12.7. The molecular formula is C15H22F3NO2. The van der Waals surface area contributed by atoms with E-state index in [9.17, 15) is 13.2 Å². The maximum Gasteiger partial charge on any atom is 0.414 e. The fourth-order valence-electron chi connectivity index (χ4n) is 2.06. The third-order valence-electron chi connectivity index (χ3n) is 3.25. The van der Waals surface area contributed by atoms with Crippen LogP contribution < -0.4 is 10.1 Å². The Morgan fingerprint density at radius 2 is 1.71 bits per heavy atom. The van der Waals surface area contributed by atoms with Crippen molar-refractivity contribution in [3.05, 3.63) is 29.8 Å². The first-order chi connectivity index (χ1) is 9.79. The lowest BCUT2D eigenvalue weighted by Crippen LogP contribution is -2.38. The van der Waals surface area contributed by atoms with Crippen molar-refractivity contribution >= 4 is 0 Å². The summed E-state index contributed by atoms with van der Waals surface area (Å²) in [4.78, 5) is 0. The van der Waals surface area contributed by atoms with E-state index < -0.39 is 18.4 Å². The van der Waals surface area contributed by atoms with E-state index in [0.717, 1.165) is 12.5 Å². The number of nitrogens with one attached hydrogen (secondary N) is 1. The summed E-state index contributed by atoms with van der Waals surface area (Å²) in [5.74, 6) is 0.700. The fraction of sp³-hybridized carbons (Fsp3) is 0.600. The minimum atomic E-state index is -4.36. The number of halogens is 3. The molecule has 0 spiro atoms. The molecule has 3 nitrogen and oxygen atoms in total. The number of methoxy groups -OCH3 is 1. The quantitative estimate of drug-likeness (QED) is 0.833. The first-order valence-corrected chi connectivity index (χ1v) is 6.89. The van der Waals surface area contributed by atoms with Gasteiger partial charge in [-0.2, -0.15) is 13.2 Å². The monoisotopic (exact) mass is 305 g/mol. The molecule has 3 atom stereocenters. The summed E-state index contributed by atoms with van der Waals surface area (Å²) >= 11 is 0. The van der Waals surface area contributed by atoms with Crippen LogP contribution >= 0.6 is 0 Å². The van der Waals surface area contributed by atoms with E-state index in [1.165, 1.54) is 0 Å². The molecule has 3 unspecified atom stereocenters. The number of likely N-dealkylation sites (N-methyl/N-ethyl adjacent to an activating group) is 1. The average molecular weight is 305 g/mol. The molecule has 1 rings (SSSR count). The summed E-state index contributed by atoms with van der Waals surface area (Å²) in [6, 6.07) is 6.89. The van der Waals surface area contributed by atoms with Gasteiger partial charge in [0.1, 0.15) is 5.75 Å². The molecular weight excluding hydrogens is 283 g/mol. The molecule has 0 aliphatic rings. The molecule has 0 bridgehead atoms. The lowest BCUT2D eigenvalue weighted by molar-refractivity contribution is -0.227. The van der Waals surface area contributed by atoms with Gasteiger partial charge in [-0.25, -0.2) is 0 Å². The highest BCUT2D eigenvalue weighted by Crippen LogP contribution is 2.28. The van der Waals surface area contributed by atoms with Gasteiger partial charge in [-0.05, 0) is 38.1 Å². The van der Waals surface area contributed by atoms with E-state index in [4.69, 9.17) is 9.47 Å². The zero-order valence-corrected chi connectivity index (χ0v) is 12.7. The third-order valence-corrected chi connectivity index (χ3v) is 3.25. The van der Waals surface area contributed by atoms with Crippen LogP contribution in [0.3, 0.4) is 0 Å². The summed E-state index contributed by atoms with van der Waals surface area (Å²) in [5.41, 5.74) is 0.861. The zero-order chi connectivity index (χ0) is 16.0. The van der Waals surface area contributed by atoms with Gasteiger partial charge in [-0.15, -0.1) is 0 Å². The summed E-state index contributed by atoms with van der Waals surface area (Å²) in [7, 11) is 1.56. The minimum Gasteiger partial charge on any atom is -0.497 e. The summed E-state index contributed by atoms with van der Waals surface area (Å²) in [6.45, 7) is 5.19. The third kappa shape index (κ3) is 5.21. The van der Waals surface area contributed by atoms with E-state index in [2.05, 4.69) is 5.32 Å². The van der Waals surface area contributed by atoms with Gasteiger partial charge in [-0.1, -0.05) is 19.1 Å². The SMILES string of the molecule is CCNC(c1ccc(OC)cc1)C(C)OC(C)C(F)(F)F. The Morgan fingerprint density at radius 3 is 2.14 bits per heavy atom.